The Bertz CT molecular complexity index is 229. The Labute approximate surface area is 136 Å². The van der Waals surface area contributed by atoms with Crippen LogP contribution in [-0.4, -0.2) is 58.5 Å². The highest BCUT2D eigenvalue weighted by Crippen LogP contribution is 2.08. The van der Waals surface area contributed by atoms with Crippen LogP contribution in [0.3, 0.4) is 0 Å². The molecule has 5 heteroatoms. The maximum Gasteiger partial charge on any atom is 0.106 e. The predicted octanol–water partition coefficient (Wildman–Crippen LogP) is 2.48. The first-order valence-electron chi connectivity index (χ1n) is 8.86. The fourth-order valence-electron chi connectivity index (χ4n) is 2.47. The standard InChI is InChI=1S/C17H37NO4/c1-4-5-6-7-8-9-10-11-12-22-14-17(21)13-18(15(2)19)16(3)20/h15-17,19-21H,4-14H2,1-3H3. The first-order chi connectivity index (χ1) is 10.5. The number of hydrogen-bond donors (Lipinski definition) is 3. The minimum Gasteiger partial charge on any atom is -0.389 e. The van der Waals surface area contributed by atoms with Crippen LogP contribution in [0.25, 0.3) is 0 Å². The van der Waals surface area contributed by atoms with Crippen LogP contribution in [0.2, 0.25) is 0 Å². The van der Waals surface area contributed by atoms with Crippen molar-refractivity contribution in [2.24, 2.45) is 0 Å². The number of unbranched alkanes of at least 4 members (excludes halogenated alkanes) is 7. The molecule has 0 heterocycles. The van der Waals surface area contributed by atoms with Crippen molar-refractivity contribution < 1.29 is 20.1 Å². The Kier molecular flexibility index (Phi) is 14.3. The van der Waals surface area contributed by atoms with Gasteiger partial charge in [-0.25, -0.2) is 0 Å². The van der Waals surface area contributed by atoms with Crippen molar-refractivity contribution in [1.82, 2.24) is 4.90 Å². The Morgan fingerprint density at radius 1 is 0.818 bits per heavy atom. The van der Waals surface area contributed by atoms with Crippen molar-refractivity contribution in [1.29, 1.82) is 0 Å². The monoisotopic (exact) mass is 319 g/mol. The van der Waals surface area contributed by atoms with Crippen LogP contribution in [0, 0.1) is 0 Å². The highest BCUT2D eigenvalue weighted by atomic mass is 16.5. The Balaban J connectivity index is 3.47. The van der Waals surface area contributed by atoms with Gasteiger partial charge >= 0.3 is 0 Å². The minimum atomic E-state index is -0.789. The third kappa shape index (κ3) is 12.4. The van der Waals surface area contributed by atoms with E-state index >= 15 is 0 Å². The largest absolute Gasteiger partial charge is 0.389 e. The minimum absolute atomic E-state index is 0.201. The zero-order chi connectivity index (χ0) is 16.8. The SMILES string of the molecule is CCCCCCCCCCOCC(O)CN(C(C)O)C(C)O. The summed E-state index contributed by atoms with van der Waals surface area (Å²) in [5.74, 6) is 0. The molecule has 22 heavy (non-hydrogen) atoms. The molecular formula is C17H37NO4. The van der Waals surface area contributed by atoms with Crippen LogP contribution >= 0.6 is 0 Å². The van der Waals surface area contributed by atoms with Crippen LogP contribution in [-0.2, 0) is 4.74 Å². The summed E-state index contributed by atoms with van der Waals surface area (Å²) >= 11 is 0. The number of aliphatic hydroxyl groups excluding tert-OH is 3. The second-order valence-electron chi connectivity index (χ2n) is 6.16. The molecule has 0 bridgehead atoms. The van der Waals surface area contributed by atoms with Gasteiger partial charge in [0, 0.05) is 13.2 Å². The van der Waals surface area contributed by atoms with Crippen molar-refractivity contribution >= 4 is 0 Å². The van der Waals surface area contributed by atoms with Crippen molar-refractivity contribution in [2.75, 3.05) is 19.8 Å². The molecular weight excluding hydrogens is 282 g/mol. The van der Waals surface area contributed by atoms with E-state index in [4.69, 9.17) is 4.74 Å². The number of rotatable bonds is 15. The van der Waals surface area contributed by atoms with E-state index in [-0.39, 0.29) is 13.2 Å². The summed E-state index contributed by atoms with van der Waals surface area (Å²) in [5, 5.41) is 28.8. The average molecular weight is 319 g/mol. The first kappa shape index (κ1) is 21.8. The summed E-state index contributed by atoms with van der Waals surface area (Å²) in [7, 11) is 0. The third-order valence-electron chi connectivity index (χ3n) is 3.83. The number of hydrogen-bond acceptors (Lipinski definition) is 5. The van der Waals surface area contributed by atoms with Crippen molar-refractivity contribution in [2.45, 2.75) is 90.7 Å². The topological polar surface area (TPSA) is 73.2 Å². The van der Waals surface area contributed by atoms with Gasteiger partial charge in [0.1, 0.15) is 12.5 Å². The second kappa shape index (κ2) is 14.4. The normalized spacial score (nSPS) is 16.0. The summed E-state index contributed by atoms with van der Waals surface area (Å²) in [6.45, 7) is 6.48. The molecule has 5 nitrogen and oxygen atoms in total. The zero-order valence-electron chi connectivity index (χ0n) is 14.7. The fraction of sp³-hybridized carbons (Fsp3) is 1.00. The van der Waals surface area contributed by atoms with Crippen LogP contribution in [0.4, 0.5) is 0 Å². The lowest BCUT2D eigenvalue weighted by Crippen LogP contribution is -2.45. The van der Waals surface area contributed by atoms with Crippen LogP contribution in [0.1, 0.15) is 72.1 Å². The Morgan fingerprint density at radius 2 is 1.32 bits per heavy atom. The van der Waals surface area contributed by atoms with Crippen LogP contribution in [0.5, 0.6) is 0 Å². The summed E-state index contributed by atoms with van der Waals surface area (Å²) in [4.78, 5) is 1.42. The average Bonchev–Trinajstić information content (AvgIpc) is 2.46. The van der Waals surface area contributed by atoms with E-state index in [0.717, 1.165) is 6.42 Å². The molecule has 0 aliphatic carbocycles. The highest BCUT2D eigenvalue weighted by molar-refractivity contribution is 4.65. The maximum atomic E-state index is 9.85. The molecule has 0 aromatic rings. The van der Waals surface area contributed by atoms with Crippen molar-refractivity contribution in [3.8, 4) is 0 Å². The van der Waals surface area contributed by atoms with Crippen LogP contribution < -0.4 is 0 Å². The molecule has 0 aliphatic heterocycles. The van der Waals surface area contributed by atoms with E-state index in [9.17, 15) is 15.3 Å². The Hall–Kier alpha value is -0.200. The van der Waals surface area contributed by atoms with Gasteiger partial charge in [-0.1, -0.05) is 51.9 Å². The number of aliphatic hydroxyl groups is 3. The lowest BCUT2D eigenvalue weighted by Gasteiger charge is -2.29. The molecule has 0 saturated carbocycles. The van der Waals surface area contributed by atoms with E-state index < -0.39 is 18.6 Å². The molecule has 3 atom stereocenters. The molecule has 3 N–H and O–H groups in total. The fourth-order valence-corrected chi connectivity index (χ4v) is 2.47. The lowest BCUT2D eigenvalue weighted by molar-refractivity contribution is -0.108. The molecule has 0 aliphatic rings. The van der Waals surface area contributed by atoms with Gasteiger partial charge in [0.05, 0.1) is 12.7 Å². The predicted molar refractivity (Wildman–Crippen MR) is 89.5 cm³/mol. The summed E-state index contributed by atoms with van der Waals surface area (Å²) in [6, 6.07) is 0. The molecule has 0 aromatic heterocycles. The van der Waals surface area contributed by atoms with Gasteiger partial charge < -0.3 is 20.1 Å². The molecule has 0 amide bonds. The van der Waals surface area contributed by atoms with Gasteiger partial charge in [0.2, 0.25) is 0 Å². The van der Waals surface area contributed by atoms with Gasteiger partial charge in [-0.15, -0.1) is 0 Å². The van der Waals surface area contributed by atoms with Gasteiger partial charge in [-0.2, -0.15) is 0 Å². The van der Waals surface area contributed by atoms with Gasteiger partial charge in [-0.05, 0) is 20.3 Å². The summed E-state index contributed by atoms with van der Waals surface area (Å²) < 4.78 is 5.46. The summed E-state index contributed by atoms with van der Waals surface area (Å²) in [5.41, 5.74) is 0. The molecule has 0 rings (SSSR count). The van der Waals surface area contributed by atoms with Crippen molar-refractivity contribution in [3.05, 3.63) is 0 Å². The van der Waals surface area contributed by atoms with Gasteiger partial charge in [0.15, 0.2) is 0 Å². The maximum absolute atomic E-state index is 9.85. The van der Waals surface area contributed by atoms with Crippen molar-refractivity contribution in [3.63, 3.8) is 0 Å². The van der Waals surface area contributed by atoms with E-state index in [1.807, 2.05) is 0 Å². The van der Waals surface area contributed by atoms with Gasteiger partial charge in [-0.3, -0.25) is 4.90 Å². The molecule has 0 fully saturated rings. The quantitative estimate of drug-likeness (QED) is 0.319. The molecule has 0 saturated heterocycles. The smallest absolute Gasteiger partial charge is 0.106 e. The number of nitrogens with zero attached hydrogens (tertiary/aromatic N) is 1. The molecule has 0 aromatic carbocycles. The van der Waals surface area contributed by atoms with E-state index in [2.05, 4.69) is 6.92 Å². The zero-order valence-corrected chi connectivity index (χ0v) is 14.7. The Morgan fingerprint density at radius 3 is 1.82 bits per heavy atom. The highest BCUT2D eigenvalue weighted by Gasteiger charge is 2.19. The van der Waals surface area contributed by atoms with E-state index in [1.165, 1.54) is 49.8 Å². The molecule has 134 valence electrons. The number of ether oxygens (including phenoxy) is 1. The van der Waals surface area contributed by atoms with Crippen LogP contribution in [0.15, 0.2) is 0 Å². The first-order valence-corrected chi connectivity index (χ1v) is 8.86. The second-order valence-corrected chi connectivity index (χ2v) is 6.16. The summed E-state index contributed by atoms with van der Waals surface area (Å²) in [6.07, 6.45) is 7.81. The third-order valence-corrected chi connectivity index (χ3v) is 3.83. The molecule has 3 unspecified atom stereocenters. The van der Waals surface area contributed by atoms with Gasteiger partial charge in [0.25, 0.3) is 0 Å². The lowest BCUT2D eigenvalue weighted by atomic mass is 10.1. The van der Waals surface area contributed by atoms with E-state index in [1.54, 1.807) is 13.8 Å². The van der Waals surface area contributed by atoms with E-state index in [0.29, 0.717) is 6.61 Å². The molecule has 0 spiro atoms. The molecule has 0 radical (unpaired) electrons.